The molecule has 1 atom stereocenters. The Hall–Kier alpha value is -3.72. The Morgan fingerprint density at radius 2 is 1.50 bits per heavy atom. The molecule has 0 aliphatic heterocycles. The number of carbonyl (C=O) groups excluding carboxylic acids is 2. The molecule has 3 rings (SSSR count). The minimum Gasteiger partial charge on any atom is -0.354 e. The van der Waals surface area contributed by atoms with Gasteiger partial charge in [-0.15, -0.1) is 0 Å². The van der Waals surface area contributed by atoms with Gasteiger partial charge >= 0.3 is 0 Å². The van der Waals surface area contributed by atoms with Crippen LogP contribution >= 0.6 is 0 Å². The van der Waals surface area contributed by atoms with Crippen LogP contribution in [-0.4, -0.2) is 44.3 Å². The molecular weight excluding hydrogens is 505 g/mol. The minimum atomic E-state index is -4.12. The highest BCUT2D eigenvalue weighted by atomic mass is 32.2. The molecule has 2 amide bonds. The van der Waals surface area contributed by atoms with Gasteiger partial charge < -0.3 is 10.2 Å². The lowest BCUT2D eigenvalue weighted by Gasteiger charge is -2.32. The van der Waals surface area contributed by atoms with E-state index in [9.17, 15) is 22.4 Å². The largest absolute Gasteiger partial charge is 0.354 e. The van der Waals surface area contributed by atoms with Gasteiger partial charge in [0.25, 0.3) is 10.0 Å². The van der Waals surface area contributed by atoms with Gasteiger partial charge in [-0.25, -0.2) is 12.8 Å². The highest BCUT2D eigenvalue weighted by molar-refractivity contribution is 7.92. The van der Waals surface area contributed by atoms with E-state index in [2.05, 4.69) is 5.32 Å². The lowest BCUT2D eigenvalue weighted by atomic mass is 10.1. The number of aryl methyl sites for hydroxylation is 1. The average Bonchev–Trinajstić information content (AvgIpc) is 2.90. The molecule has 0 fully saturated rings. The molecule has 9 heteroatoms. The first-order valence-electron chi connectivity index (χ1n) is 12.5. The van der Waals surface area contributed by atoms with Crippen LogP contribution in [-0.2, 0) is 26.2 Å². The zero-order valence-electron chi connectivity index (χ0n) is 22.1. The third kappa shape index (κ3) is 7.19. The van der Waals surface area contributed by atoms with Gasteiger partial charge in [0, 0.05) is 13.1 Å². The molecule has 1 unspecified atom stereocenters. The topological polar surface area (TPSA) is 86.8 Å². The summed E-state index contributed by atoms with van der Waals surface area (Å²) in [6.45, 7) is 7.20. The third-order valence-corrected chi connectivity index (χ3v) is 7.89. The number of halogens is 1. The van der Waals surface area contributed by atoms with Gasteiger partial charge in [-0.1, -0.05) is 62.4 Å². The van der Waals surface area contributed by atoms with E-state index < -0.39 is 34.3 Å². The van der Waals surface area contributed by atoms with Crippen molar-refractivity contribution in [2.24, 2.45) is 5.92 Å². The maximum absolute atomic E-state index is 13.8. The summed E-state index contributed by atoms with van der Waals surface area (Å²) in [5, 5.41) is 2.84. The molecule has 7 nitrogen and oxygen atoms in total. The SMILES string of the molecule is Cc1ccccc1N(CC(=O)N(Cc1ccc(F)cc1)C(C)C(=O)NCC(C)C)S(=O)(=O)c1ccccc1. The normalized spacial score (nSPS) is 12.2. The van der Waals surface area contributed by atoms with E-state index in [0.717, 1.165) is 4.31 Å². The van der Waals surface area contributed by atoms with Crippen LogP contribution in [0, 0.1) is 18.7 Å². The monoisotopic (exact) mass is 539 g/mol. The second-order valence-corrected chi connectivity index (χ2v) is 11.4. The van der Waals surface area contributed by atoms with Crippen LogP contribution in [0.3, 0.4) is 0 Å². The van der Waals surface area contributed by atoms with Gasteiger partial charge in [0.2, 0.25) is 11.8 Å². The molecule has 0 heterocycles. The van der Waals surface area contributed by atoms with Crippen molar-refractivity contribution in [1.82, 2.24) is 10.2 Å². The quantitative estimate of drug-likeness (QED) is 0.388. The van der Waals surface area contributed by atoms with Crippen molar-refractivity contribution < 1.29 is 22.4 Å². The van der Waals surface area contributed by atoms with Crippen molar-refractivity contribution in [2.45, 2.75) is 45.2 Å². The summed E-state index contributed by atoms with van der Waals surface area (Å²) in [7, 11) is -4.12. The maximum Gasteiger partial charge on any atom is 0.264 e. The highest BCUT2D eigenvalue weighted by Crippen LogP contribution is 2.27. The van der Waals surface area contributed by atoms with Crippen molar-refractivity contribution in [3.63, 3.8) is 0 Å². The minimum absolute atomic E-state index is 0.00236. The predicted molar refractivity (Wildman–Crippen MR) is 146 cm³/mol. The van der Waals surface area contributed by atoms with Crippen molar-refractivity contribution in [3.8, 4) is 0 Å². The molecule has 0 aliphatic rings. The van der Waals surface area contributed by atoms with Gasteiger partial charge in [-0.3, -0.25) is 13.9 Å². The molecule has 0 bridgehead atoms. The number of amides is 2. The van der Waals surface area contributed by atoms with Crippen LogP contribution in [0.25, 0.3) is 0 Å². The fourth-order valence-corrected chi connectivity index (χ4v) is 5.40. The van der Waals surface area contributed by atoms with Gasteiger partial charge in [0.15, 0.2) is 0 Å². The fraction of sp³-hybridized carbons (Fsp3) is 0.310. The molecule has 0 aliphatic carbocycles. The van der Waals surface area contributed by atoms with Crippen LogP contribution in [0.4, 0.5) is 10.1 Å². The number of carbonyl (C=O) groups is 2. The number of sulfonamides is 1. The maximum atomic E-state index is 13.8. The summed E-state index contributed by atoms with van der Waals surface area (Å²) in [6, 6.07) is 19.5. The molecule has 38 heavy (non-hydrogen) atoms. The Kier molecular flexibility index (Phi) is 9.63. The van der Waals surface area contributed by atoms with Crippen LogP contribution in [0.2, 0.25) is 0 Å². The number of nitrogens with zero attached hydrogens (tertiary/aromatic N) is 2. The number of benzene rings is 3. The number of anilines is 1. The molecule has 1 N–H and O–H groups in total. The van der Waals surface area contributed by atoms with E-state index in [4.69, 9.17) is 0 Å². The average molecular weight is 540 g/mol. The summed E-state index contributed by atoms with van der Waals surface area (Å²) in [5.41, 5.74) is 1.65. The molecule has 3 aromatic rings. The lowest BCUT2D eigenvalue weighted by Crippen LogP contribution is -2.51. The summed E-state index contributed by atoms with van der Waals surface area (Å²) < 4.78 is 42.1. The lowest BCUT2D eigenvalue weighted by molar-refractivity contribution is -0.139. The van der Waals surface area contributed by atoms with E-state index in [1.807, 2.05) is 13.8 Å². The Morgan fingerprint density at radius 1 is 0.895 bits per heavy atom. The first-order chi connectivity index (χ1) is 18.0. The van der Waals surface area contributed by atoms with E-state index in [1.54, 1.807) is 56.3 Å². The Bertz CT molecular complexity index is 1350. The number of rotatable bonds is 11. The van der Waals surface area contributed by atoms with Gasteiger partial charge in [-0.2, -0.15) is 0 Å². The Balaban J connectivity index is 2.00. The van der Waals surface area contributed by atoms with Crippen molar-refractivity contribution in [1.29, 1.82) is 0 Å². The van der Waals surface area contributed by atoms with E-state index >= 15 is 0 Å². The standard InChI is InChI=1S/C29H34FN3O4S/c1-21(2)18-31-29(35)23(4)32(19-24-14-16-25(30)17-15-24)28(34)20-33(27-13-9-8-10-22(27)3)38(36,37)26-11-6-5-7-12-26/h5-17,21,23H,18-20H2,1-4H3,(H,31,35). The first-order valence-corrected chi connectivity index (χ1v) is 13.9. The van der Waals surface area contributed by atoms with Crippen LogP contribution < -0.4 is 9.62 Å². The Morgan fingerprint density at radius 3 is 2.11 bits per heavy atom. The van der Waals surface area contributed by atoms with Crippen LogP contribution in [0.1, 0.15) is 31.9 Å². The van der Waals surface area contributed by atoms with Crippen molar-refractivity contribution in [3.05, 3.63) is 95.8 Å². The molecule has 0 aromatic heterocycles. The van der Waals surface area contributed by atoms with E-state index in [-0.39, 0.29) is 23.3 Å². The molecule has 0 saturated heterocycles. The van der Waals surface area contributed by atoms with Crippen molar-refractivity contribution >= 4 is 27.5 Å². The zero-order valence-corrected chi connectivity index (χ0v) is 22.9. The highest BCUT2D eigenvalue weighted by Gasteiger charge is 2.33. The predicted octanol–water partition coefficient (Wildman–Crippen LogP) is 4.52. The summed E-state index contributed by atoms with van der Waals surface area (Å²) in [4.78, 5) is 28.2. The molecule has 0 saturated carbocycles. The van der Waals surface area contributed by atoms with Crippen molar-refractivity contribution in [2.75, 3.05) is 17.4 Å². The number of nitrogens with one attached hydrogen (secondary N) is 1. The molecular formula is C29H34FN3O4S. The zero-order chi connectivity index (χ0) is 27.9. The second kappa shape index (κ2) is 12.7. The molecule has 0 spiro atoms. The van der Waals surface area contributed by atoms with Crippen LogP contribution in [0.5, 0.6) is 0 Å². The van der Waals surface area contributed by atoms with Gasteiger partial charge in [0.05, 0.1) is 10.6 Å². The Labute approximate surface area is 224 Å². The number of hydrogen-bond donors (Lipinski definition) is 1. The summed E-state index contributed by atoms with van der Waals surface area (Å²) >= 11 is 0. The van der Waals surface area contributed by atoms with E-state index in [1.165, 1.54) is 41.3 Å². The molecule has 0 radical (unpaired) electrons. The van der Waals surface area contributed by atoms with Crippen LogP contribution in [0.15, 0.2) is 83.8 Å². The fourth-order valence-electron chi connectivity index (χ4n) is 3.90. The summed E-state index contributed by atoms with van der Waals surface area (Å²) in [5.74, 6) is -1.14. The van der Waals surface area contributed by atoms with Gasteiger partial charge in [0.1, 0.15) is 18.4 Å². The third-order valence-electron chi connectivity index (χ3n) is 6.11. The molecule has 202 valence electrons. The number of para-hydroxylation sites is 1. The second-order valence-electron chi connectivity index (χ2n) is 9.57. The van der Waals surface area contributed by atoms with Gasteiger partial charge in [-0.05, 0) is 61.2 Å². The molecule has 3 aromatic carbocycles. The number of hydrogen-bond acceptors (Lipinski definition) is 4. The summed E-state index contributed by atoms with van der Waals surface area (Å²) in [6.07, 6.45) is 0. The smallest absolute Gasteiger partial charge is 0.264 e. The van der Waals surface area contributed by atoms with E-state index in [0.29, 0.717) is 23.4 Å². The first kappa shape index (κ1) is 28.8.